The van der Waals surface area contributed by atoms with E-state index in [4.69, 9.17) is 14.6 Å². The number of carboxylic acids is 1. The van der Waals surface area contributed by atoms with Crippen LogP contribution in [0.1, 0.15) is 19.8 Å². The van der Waals surface area contributed by atoms with Gasteiger partial charge in [0.15, 0.2) is 0 Å². The Morgan fingerprint density at radius 2 is 1.87 bits per heavy atom. The van der Waals surface area contributed by atoms with E-state index in [-0.39, 0.29) is 5.92 Å². The van der Waals surface area contributed by atoms with Crippen LogP contribution in [0.4, 0.5) is 0 Å². The van der Waals surface area contributed by atoms with Crippen LogP contribution in [0, 0.1) is 5.92 Å². The predicted octanol–water partition coefficient (Wildman–Crippen LogP) is 1.21. The van der Waals surface area contributed by atoms with E-state index in [0.29, 0.717) is 17.8 Å². The largest absolute Gasteiger partial charge is 0.478 e. The van der Waals surface area contributed by atoms with Crippen LogP contribution in [0.15, 0.2) is 11.6 Å². The molecule has 2 unspecified atom stereocenters. The smallest absolute Gasteiger partial charge is 0.330 e. The fourth-order valence-corrected chi connectivity index (χ4v) is 1.74. The van der Waals surface area contributed by atoms with Gasteiger partial charge in [-0.05, 0) is 25.7 Å². The second-order valence-corrected chi connectivity index (χ2v) is 4.30. The van der Waals surface area contributed by atoms with Crippen LogP contribution in [0.5, 0.6) is 0 Å². The molecular weight excluding hydrogens is 196 g/mol. The highest BCUT2D eigenvalue weighted by molar-refractivity contribution is 5.85. The first-order chi connectivity index (χ1) is 7.15. The van der Waals surface area contributed by atoms with E-state index in [0.717, 1.165) is 26.1 Å². The van der Waals surface area contributed by atoms with Gasteiger partial charge >= 0.3 is 5.97 Å². The Morgan fingerprint density at radius 1 is 1.40 bits per heavy atom. The van der Waals surface area contributed by atoms with Crippen molar-refractivity contribution in [2.24, 2.45) is 5.92 Å². The highest BCUT2D eigenvalue weighted by Crippen LogP contribution is 2.28. The molecule has 2 aliphatic heterocycles. The molecule has 0 amide bonds. The van der Waals surface area contributed by atoms with Crippen LogP contribution in [0.25, 0.3) is 0 Å². The van der Waals surface area contributed by atoms with Crippen LogP contribution in [0.3, 0.4) is 0 Å². The fourth-order valence-electron chi connectivity index (χ4n) is 1.74. The van der Waals surface area contributed by atoms with Gasteiger partial charge in [0, 0.05) is 5.57 Å². The number of rotatable bonds is 6. The third-order valence-corrected chi connectivity index (χ3v) is 2.76. The van der Waals surface area contributed by atoms with Crippen molar-refractivity contribution in [2.75, 3.05) is 13.2 Å². The van der Waals surface area contributed by atoms with Gasteiger partial charge in [0.2, 0.25) is 0 Å². The lowest BCUT2D eigenvalue weighted by atomic mass is 9.95. The molecule has 0 aliphatic carbocycles. The molecule has 15 heavy (non-hydrogen) atoms. The Morgan fingerprint density at radius 3 is 2.20 bits per heavy atom. The summed E-state index contributed by atoms with van der Waals surface area (Å²) >= 11 is 0. The van der Waals surface area contributed by atoms with Crippen molar-refractivity contribution in [3.05, 3.63) is 11.6 Å². The molecule has 2 fully saturated rings. The third-order valence-electron chi connectivity index (χ3n) is 2.76. The first-order valence-electron chi connectivity index (χ1n) is 5.30. The standard InChI is InChI=1S/C11H16O4/c1-7(11(12)13)2-8(3-9-5-14-9)4-10-6-15-10/h2,8-10H,3-6H2,1H3,(H,12,13). The molecule has 0 bridgehead atoms. The fraction of sp³-hybridized carbons (Fsp3) is 0.727. The van der Waals surface area contributed by atoms with Gasteiger partial charge < -0.3 is 14.6 Å². The van der Waals surface area contributed by atoms with Gasteiger partial charge in [-0.25, -0.2) is 4.79 Å². The minimum absolute atomic E-state index is 0.279. The number of hydrogen-bond donors (Lipinski definition) is 1. The van der Waals surface area contributed by atoms with Crippen molar-refractivity contribution in [3.8, 4) is 0 Å². The van der Waals surface area contributed by atoms with Gasteiger partial charge in [0.1, 0.15) is 0 Å². The van der Waals surface area contributed by atoms with E-state index in [1.807, 2.05) is 6.08 Å². The average molecular weight is 212 g/mol. The SMILES string of the molecule is CC(=CC(CC1CO1)CC1CO1)C(=O)O. The lowest BCUT2D eigenvalue weighted by molar-refractivity contribution is -0.132. The minimum atomic E-state index is -0.839. The molecule has 4 heteroatoms. The number of epoxide rings is 2. The topological polar surface area (TPSA) is 62.4 Å². The van der Waals surface area contributed by atoms with E-state index in [1.165, 1.54) is 0 Å². The highest BCUT2D eigenvalue weighted by Gasteiger charge is 2.31. The zero-order valence-corrected chi connectivity index (χ0v) is 8.81. The summed E-state index contributed by atoms with van der Waals surface area (Å²) in [6.07, 6.45) is 4.36. The highest BCUT2D eigenvalue weighted by atomic mass is 16.6. The monoisotopic (exact) mass is 212 g/mol. The Kier molecular flexibility index (Phi) is 3.07. The van der Waals surface area contributed by atoms with Crippen molar-refractivity contribution in [1.82, 2.24) is 0 Å². The number of ether oxygens (including phenoxy) is 2. The van der Waals surface area contributed by atoms with E-state index >= 15 is 0 Å². The minimum Gasteiger partial charge on any atom is -0.478 e. The second kappa shape index (κ2) is 4.33. The van der Waals surface area contributed by atoms with E-state index in [9.17, 15) is 4.79 Å². The van der Waals surface area contributed by atoms with Gasteiger partial charge in [-0.15, -0.1) is 0 Å². The van der Waals surface area contributed by atoms with Gasteiger partial charge in [0.05, 0.1) is 25.4 Å². The molecule has 0 radical (unpaired) electrons. The number of carbonyl (C=O) groups is 1. The maximum absolute atomic E-state index is 10.7. The second-order valence-electron chi connectivity index (χ2n) is 4.30. The molecule has 1 N–H and O–H groups in total. The molecule has 84 valence electrons. The van der Waals surface area contributed by atoms with Crippen molar-refractivity contribution in [3.63, 3.8) is 0 Å². The molecular formula is C11H16O4. The molecule has 0 aromatic carbocycles. The molecule has 4 nitrogen and oxygen atoms in total. The summed E-state index contributed by atoms with van der Waals surface area (Å²) in [6.45, 7) is 3.28. The summed E-state index contributed by atoms with van der Waals surface area (Å²) in [7, 11) is 0. The summed E-state index contributed by atoms with van der Waals surface area (Å²) in [5.41, 5.74) is 0.418. The third kappa shape index (κ3) is 3.64. The Labute approximate surface area is 88.9 Å². The van der Waals surface area contributed by atoms with Crippen LogP contribution in [-0.2, 0) is 14.3 Å². The average Bonchev–Trinajstić information content (AvgIpc) is 2.98. The Bertz CT molecular complexity index is 262. The summed E-state index contributed by atoms with van der Waals surface area (Å²) in [5, 5.41) is 8.80. The number of aliphatic carboxylic acids is 1. The lowest BCUT2D eigenvalue weighted by Crippen LogP contribution is -2.08. The molecule has 2 heterocycles. The van der Waals surface area contributed by atoms with Crippen LogP contribution in [-0.4, -0.2) is 36.5 Å². The van der Waals surface area contributed by atoms with Crippen molar-refractivity contribution < 1.29 is 19.4 Å². The summed E-state index contributed by atoms with van der Waals surface area (Å²) in [6, 6.07) is 0. The summed E-state index contributed by atoms with van der Waals surface area (Å²) in [4.78, 5) is 10.7. The van der Waals surface area contributed by atoms with Crippen LogP contribution in [0.2, 0.25) is 0 Å². The lowest BCUT2D eigenvalue weighted by Gasteiger charge is -2.10. The first kappa shape index (κ1) is 10.6. The van der Waals surface area contributed by atoms with E-state index in [2.05, 4.69) is 0 Å². The number of hydrogen-bond acceptors (Lipinski definition) is 3. The van der Waals surface area contributed by atoms with Gasteiger partial charge in [-0.1, -0.05) is 6.08 Å². The Balaban J connectivity index is 1.89. The van der Waals surface area contributed by atoms with Crippen LogP contribution < -0.4 is 0 Å². The molecule has 2 rings (SSSR count). The van der Waals surface area contributed by atoms with Gasteiger partial charge in [-0.2, -0.15) is 0 Å². The Hall–Kier alpha value is -0.870. The van der Waals surface area contributed by atoms with Crippen molar-refractivity contribution >= 4 is 5.97 Å². The maximum Gasteiger partial charge on any atom is 0.330 e. The molecule has 0 aromatic heterocycles. The predicted molar refractivity (Wildman–Crippen MR) is 53.6 cm³/mol. The molecule has 2 atom stereocenters. The zero-order valence-electron chi connectivity index (χ0n) is 8.81. The van der Waals surface area contributed by atoms with Crippen molar-refractivity contribution in [1.29, 1.82) is 0 Å². The number of allylic oxidation sites excluding steroid dienone is 1. The van der Waals surface area contributed by atoms with Gasteiger partial charge in [0.25, 0.3) is 0 Å². The van der Waals surface area contributed by atoms with E-state index in [1.54, 1.807) is 6.92 Å². The molecule has 2 aliphatic rings. The molecule has 0 saturated carbocycles. The zero-order chi connectivity index (χ0) is 10.8. The van der Waals surface area contributed by atoms with Crippen LogP contribution >= 0.6 is 0 Å². The quantitative estimate of drug-likeness (QED) is 0.531. The summed E-state index contributed by atoms with van der Waals surface area (Å²) in [5.74, 6) is -0.561. The summed E-state index contributed by atoms with van der Waals surface area (Å²) < 4.78 is 10.3. The van der Waals surface area contributed by atoms with Gasteiger partial charge in [-0.3, -0.25) is 0 Å². The number of carboxylic acid groups (broad SMARTS) is 1. The van der Waals surface area contributed by atoms with Crippen molar-refractivity contribution in [2.45, 2.75) is 32.0 Å². The maximum atomic E-state index is 10.7. The molecule has 0 aromatic rings. The first-order valence-corrected chi connectivity index (χ1v) is 5.30. The normalized spacial score (nSPS) is 31.1. The molecule has 0 spiro atoms. The molecule has 2 saturated heterocycles. The van der Waals surface area contributed by atoms with E-state index < -0.39 is 5.97 Å².